The second-order valence-electron chi connectivity index (χ2n) is 8.94. The van der Waals surface area contributed by atoms with Crippen LogP contribution in [0.5, 0.6) is 5.75 Å². The van der Waals surface area contributed by atoms with Crippen molar-refractivity contribution >= 4 is 17.7 Å². The van der Waals surface area contributed by atoms with Crippen LogP contribution in [0.2, 0.25) is 0 Å². The van der Waals surface area contributed by atoms with E-state index in [1.54, 1.807) is 6.92 Å². The first-order chi connectivity index (χ1) is 14.6. The Bertz CT molecular complexity index is 974. The molecule has 30 heavy (non-hydrogen) atoms. The summed E-state index contributed by atoms with van der Waals surface area (Å²) in [5.41, 5.74) is 3.47. The number of rotatable bonds is 2. The summed E-state index contributed by atoms with van der Waals surface area (Å²) in [6.45, 7) is 2.53. The Balaban J connectivity index is 1.44. The van der Waals surface area contributed by atoms with Crippen LogP contribution >= 0.6 is 0 Å². The minimum atomic E-state index is -0.473. The summed E-state index contributed by atoms with van der Waals surface area (Å²) in [4.78, 5) is 26.8. The number of amides is 2. The van der Waals surface area contributed by atoms with E-state index in [0.29, 0.717) is 23.4 Å². The molecule has 1 N–H and O–H groups in total. The number of likely N-dealkylation sites (tertiary alicyclic amines) is 1. The van der Waals surface area contributed by atoms with Gasteiger partial charge in [0.2, 0.25) is 5.91 Å². The van der Waals surface area contributed by atoms with Crippen molar-refractivity contribution in [3.8, 4) is 5.75 Å². The lowest BCUT2D eigenvalue weighted by Gasteiger charge is -2.59. The van der Waals surface area contributed by atoms with Crippen molar-refractivity contribution in [3.63, 3.8) is 0 Å². The van der Waals surface area contributed by atoms with Crippen LogP contribution in [0.4, 0.5) is 10.5 Å². The average Bonchev–Trinajstić information content (AvgIpc) is 2.74. The highest BCUT2D eigenvalue weighted by molar-refractivity contribution is 5.86. The molecular formula is C25H28N2O3. The Labute approximate surface area is 177 Å². The number of piperidine rings is 1. The van der Waals surface area contributed by atoms with Crippen molar-refractivity contribution in [3.05, 3.63) is 59.7 Å². The van der Waals surface area contributed by atoms with Gasteiger partial charge in [0.15, 0.2) is 0 Å². The zero-order chi connectivity index (χ0) is 20.7. The number of benzene rings is 2. The number of fused-ring (bicyclic) bond motifs is 1. The maximum atomic E-state index is 12.4. The van der Waals surface area contributed by atoms with Crippen molar-refractivity contribution in [1.82, 2.24) is 4.90 Å². The van der Waals surface area contributed by atoms with Gasteiger partial charge in [-0.1, -0.05) is 37.1 Å². The van der Waals surface area contributed by atoms with Crippen LogP contribution in [0.25, 0.3) is 0 Å². The molecule has 1 saturated carbocycles. The van der Waals surface area contributed by atoms with Crippen molar-refractivity contribution in [2.24, 2.45) is 5.92 Å². The lowest BCUT2D eigenvalue weighted by atomic mass is 9.52. The smallest absolute Gasteiger partial charge is 0.410 e. The van der Waals surface area contributed by atoms with Gasteiger partial charge in [0, 0.05) is 30.6 Å². The van der Waals surface area contributed by atoms with Gasteiger partial charge in [0.1, 0.15) is 5.75 Å². The molecule has 2 fully saturated rings. The zero-order valence-corrected chi connectivity index (χ0v) is 17.4. The second-order valence-corrected chi connectivity index (χ2v) is 8.94. The average molecular weight is 405 g/mol. The Kier molecular flexibility index (Phi) is 4.76. The summed E-state index contributed by atoms with van der Waals surface area (Å²) < 4.78 is 5.64. The van der Waals surface area contributed by atoms with Crippen molar-refractivity contribution in [2.75, 3.05) is 11.9 Å². The number of carbonyl (C=O) groups is 2. The van der Waals surface area contributed by atoms with Gasteiger partial charge in [-0.05, 0) is 67.0 Å². The van der Waals surface area contributed by atoms with Gasteiger partial charge in [-0.3, -0.25) is 10.1 Å². The molecule has 3 aliphatic rings. The fourth-order valence-electron chi connectivity index (χ4n) is 6.21. The molecule has 2 bridgehead atoms. The Morgan fingerprint density at radius 2 is 1.93 bits per heavy atom. The van der Waals surface area contributed by atoms with E-state index in [2.05, 4.69) is 22.3 Å². The topological polar surface area (TPSA) is 58.6 Å². The normalized spacial score (nSPS) is 26.9. The van der Waals surface area contributed by atoms with E-state index in [1.807, 2.05) is 36.4 Å². The van der Waals surface area contributed by atoms with Gasteiger partial charge in [-0.25, -0.2) is 4.79 Å². The number of carbonyl (C=O) groups excluding carboxylic acids is 2. The number of hydrogen-bond acceptors (Lipinski definition) is 3. The zero-order valence-electron chi connectivity index (χ0n) is 17.4. The van der Waals surface area contributed by atoms with Crippen LogP contribution in [0.1, 0.15) is 50.2 Å². The first kappa shape index (κ1) is 19.2. The van der Waals surface area contributed by atoms with Gasteiger partial charge < -0.3 is 9.64 Å². The lowest BCUT2D eigenvalue weighted by molar-refractivity contribution is -0.138. The van der Waals surface area contributed by atoms with Crippen LogP contribution in [-0.4, -0.2) is 29.5 Å². The molecule has 156 valence electrons. The van der Waals surface area contributed by atoms with Crippen LogP contribution in [-0.2, 0) is 16.6 Å². The molecule has 2 amide bonds. The molecule has 3 unspecified atom stereocenters. The Morgan fingerprint density at radius 1 is 1.10 bits per heavy atom. The predicted molar refractivity (Wildman–Crippen MR) is 116 cm³/mol. The van der Waals surface area contributed by atoms with E-state index < -0.39 is 6.09 Å². The number of para-hydroxylation sites is 1. The van der Waals surface area contributed by atoms with E-state index in [4.69, 9.17) is 4.74 Å². The largest absolute Gasteiger partial charge is 0.417 e. The van der Waals surface area contributed by atoms with Gasteiger partial charge in [0.05, 0.1) is 0 Å². The summed E-state index contributed by atoms with van der Waals surface area (Å²) >= 11 is 0. The summed E-state index contributed by atoms with van der Waals surface area (Å²) in [5, 5.41) is 2.78. The maximum absolute atomic E-state index is 12.4. The lowest BCUT2D eigenvalue weighted by Crippen LogP contribution is -2.61. The highest BCUT2D eigenvalue weighted by atomic mass is 16.6. The number of nitrogens with zero attached hydrogens (tertiary/aromatic N) is 1. The monoisotopic (exact) mass is 404 g/mol. The fourth-order valence-corrected chi connectivity index (χ4v) is 6.21. The highest BCUT2D eigenvalue weighted by Crippen LogP contribution is 2.56. The molecule has 5 rings (SSSR count). The van der Waals surface area contributed by atoms with Gasteiger partial charge >= 0.3 is 6.09 Å². The van der Waals surface area contributed by atoms with Gasteiger partial charge in [-0.15, -0.1) is 0 Å². The summed E-state index contributed by atoms with van der Waals surface area (Å²) in [7, 11) is 0. The minimum absolute atomic E-state index is 0.109. The minimum Gasteiger partial charge on any atom is -0.410 e. The number of ether oxygens (including phenoxy) is 1. The molecule has 1 aliphatic heterocycles. The van der Waals surface area contributed by atoms with Crippen molar-refractivity contribution in [1.29, 1.82) is 0 Å². The molecule has 2 aromatic rings. The first-order valence-corrected chi connectivity index (χ1v) is 11.0. The molecule has 1 heterocycles. The molecule has 5 heteroatoms. The molecule has 5 nitrogen and oxygen atoms in total. The molecule has 0 spiro atoms. The molecule has 2 aromatic carbocycles. The Hall–Kier alpha value is -2.82. The third-order valence-electron chi connectivity index (χ3n) is 7.44. The predicted octanol–water partition coefficient (Wildman–Crippen LogP) is 4.90. The molecular weight excluding hydrogens is 376 g/mol. The van der Waals surface area contributed by atoms with E-state index in [1.165, 1.54) is 30.4 Å². The van der Waals surface area contributed by atoms with E-state index >= 15 is 0 Å². The molecule has 2 aliphatic carbocycles. The molecule has 1 saturated heterocycles. The third-order valence-corrected chi connectivity index (χ3v) is 7.44. The highest BCUT2D eigenvalue weighted by Gasteiger charge is 2.54. The molecule has 3 atom stereocenters. The van der Waals surface area contributed by atoms with Crippen LogP contribution < -0.4 is 10.1 Å². The van der Waals surface area contributed by atoms with Crippen molar-refractivity contribution < 1.29 is 14.3 Å². The fraction of sp³-hybridized carbons (Fsp3) is 0.440. The Morgan fingerprint density at radius 3 is 2.73 bits per heavy atom. The standard InChI is InChI=1S/C25H28N2O3/c1-17(28)27-14-13-25-12-6-5-9-21(25)23(27)15-18-10-11-20(16-22(18)25)30-24(29)26-19-7-3-2-4-8-19/h2-4,7-8,10-11,16,21,23H,5-6,9,12-15H2,1H3,(H,26,29). The van der Waals surface area contributed by atoms with Gasteiger partial charge in [-0.2, -0.15) is 0 Å². The molecule has 0 aromatic heterocycles. The second kappa shape index (κ2) is 7.46. The van der Waals surface area contributed by atoms with Crippen LogP contribution in [0.15, 0.2) is 48.5 Å². The number of nitrogens with one attached hydrogen (secondary N) is 1. The maximum Gasteiger partial charge on any atom is 0.417 e. The molecule has 0 radical (unpaired) electrons. The summed E-state index contributed by atoms with van der Waals surface area (Å²) in [5.74, 6) is 1.29. The van der Waals surface area contributed by atoms with E-state index in [9.17, 15) is 9.59 Å². The third kappa shape index (κ3) is 3.17. The SMILES string of the molecule is CC(=O)N1CCC23CCCCC2C1Cc1ccc(OC(=O)Nc2ccccc2)cc13. The van der Waals surface area contributed by atoms with Crippen LogP contribution in [0, 0.1) is 5.92 Å². The quantitative estimate of drug-likeness (QED) is 0.774. The van der Waals surface area contributed by atoms with E-state index in [-0.39, 0.29) is 11.3 Å². The summed E-state index contributed by atoms with van der Waals surface area (Å²) in [6.07, 6.45) is 6.22. The van der Waals surface area contributed by atoms with Crippen molar-refractivity contribution in [2.45, 2.75) is 56.9 Å². The van der Waals surface area contributed by atoms with Gasteiger partial charge in [0.25, 0.3) is 0 Å². The first-order valence-electron chi connectivity index (χ1n) is 11.0. The number of anilines is 1. The van der Waals surface area contributed by atoms with Crippen LogP contribution in [0.3, 0.4) is 0 Å². The summed E-state index contributed by atoms with van der Waals surface area (Å²) in [6, 6.07) is 15.7. The van der Waals surface area contributed by atoms with E-state index in [0.717, 1.165) is 25.8 Å². The number of hydrogen-bond donors (Lipinski definition) is 1.